The van der Waals surface area contributed by atoms with Crippen LogP contribution < -0.4 is 0 Å². The lowest BCUT2D eigenvalue weighted by Gasteiger charge is -2.23. The first-order valence-corrected chi connectivity index (χ1v) is 6.56. The van der Waals surface area contributed by atoms with Crippen LogP contribution in [0, 0.1) is 0 Å². The van der Waals surface area contributed by atoms with Gasteiger partial charge in [-0.1, -0.05) is 5.21 Å². The van der Waals surface area contributed by atoms with E-state index in [4.69, 9.17) is 24.1 Å². The second kappa shape index (κ2) is 5.05. The average molecular weight is 285 g/mol. The van der Waals surface area contributed by atoms with E-state index < -0.39 is 12.1 Å². The molecule has 1 aromatic rings. The van der Waals surface area contributed by atoms with Crippen LogP contribution in [0.3, 0.4) is 0 Å². The SMILES string of the molecule is CO[C@@H]1O[C@H](Cn2cc(CO)nn2)[C@H]2OC(C)(C)O[C@@H]12. The molecule has 0 unspecified atom stereocenters. The first-order chi connectivity index (χ1) is 9.52. The molecule has 0 aliphatic carbocycles. The Bertz CT molecular complexity index is 477. The van der Waals surface area contributed by atoms with Gasteiger partial charge < -0.3 is 24.1 Å². The summed E-state index contributed by atoms with van der Waals surface area (Å²) in [7, 11) is 1.58. The summed E-state index contributed by atoms with van der Waals surface area (Å²) in [5.41, 5.74) is 0.520. The maximum absolute atomic E-state index is 9.00. The van der Waals surface area contributed by atoms with E-state index >= 15 is 0 Å². The molecular weight excluding hydrogens is 266 g/mol. The summed E-state index contributed by atoms with van der Waals surface area (Å²) < 4.78 is 24.4. The number of aliphatic hydroxyl groups excluding tert-OH is 1. The van der Waals surface area contributed by atoms with Crippen LogP contribution in [0.4, 0.5) is 0 Å². The minimum atomic E-state index is -0.646. The average Bonchev–Trinajstić information content (AvgIpc) is 3.04. The Kier molecular flexibility index (Phi) is 3.51. The Balaban J connectivity index is 1.73. The van der Waals surface area contributed by atoms with Crippen LogP contribution in [-0.2, 0) is 32.1 Å². The van der Waals surface area contributed by atoms with Gasteiger partial charge in [0.1, 0.15) is 24.0 Å². The molecule has 112 valence electrons. The molecule has 0 spiro atoms. The van der Waals surface area contributed by atoms with E-state index in [1.807, 2.05) is 13.8 Å². The second-order valence-electron chi connectivity index (χ2n) is 5.43. The van der Waals surface area contributed by atoms with Crippen LogP contribution in [0.15, 0.2) is 6.20 Å². The number of rotatable bonds is 4. The summed E-state index contributed by atoms with van der Waals surface area (Å²) in [4.78, 5) is 0. The van der Waals surface area contributed by atoms with Gasteiger partial charge in [-0.15, -0.1) is 5.10 Å². The zero-order valence-corrected chi connectivity index (χ0v) is 11.7. The fraction of sp³-hybridized carbons (Fsp3) is 0.833. The molecule has 20 heavy (non-hydrogen) atoms. The van der Waals surface area contributed by atoms with Crippen LogP contribution in [0.2, 0.25) is 0 Å². The topological polar surface area (TPSA) is 87.9 Å². The molecule has 0 saturated carbocycles. The highest BCUT2D eigenvalue weighted by Gasteiger charge is 2.55. The highest BCUT2D eigenvalue weighted by atomic mass is 16.8. The lowest BCUT2D eigenvalue weighted by molar-refractivity contribution is -0.228. The molecule has 0 amide bonds. The van der Waals surface area contributed by atoms with Gasteiger partial charge in [0.2, 0.25) is 0 Å². The lowest BCUT2D eigenvalue weighted by Crippen LogP contribution is -2.33. The number of hydrogen-bond acceptors (Lipinski definition) is 7. The molecular formula is C12H19N3O5. The van der Waals surface area contributed by atoms with Crippen LogP contribution in [-0.4, -0.2) is 57.6 Å². The minimum absolute atomic E-state index is 0.134. The predicted octanol–water partition coefficient (Wildman–Crippen LogP) is -0.338. The van der Waals surface area contributed by atoms with E-state index in [1.54, 1.807) is 18.0 Å². The molecule has 3 rings (SSSR count). The molecule has 0 bridgehead atoms. The summed E-state index contributed by atoms with van der Waals surface area (Å²) in [6.45, 7) is 4.07. The Morgan fingerprint density at radius 3 is 2.80 bits per heavy atom. The molecule has 8 heteroatoms. The molecule has 0 aromatic carbocycles. The van der Waals surface area contributed by atoms with Gasteiger partial charge >= 0.3 is 0 Å². The zero-order valence-electron chi connectivity index (χ0n) is 11.7. The smallest absolute Gasteiger partial charge is 0.186 e. The Hall–Kier alpha value is -1.06. The molecule has 2 fully saturated rings. The maximum atomic E-state index is 9.00. The van der Waals surface area contributed by atoms with Crippen molar-refractivity contribution in [3.8, 4) is 0 Å². The van der Waals surface area contributed by atoms with Gasteiger partial charge in [-0.25, -0.2) is 4.68 Å². The van der Waals surface area contributed by atoms with Crippen LogP contribution in [0.5, 0.6) is 0 Å². The fourth-order valence-electron chi connectivity index (χ4n) is 2.66. The molecule has 2 aliphatic heterocycles. The van der Waals surface area contributed by atoms with Crippen molar-refractivity contribution in [3.63, 3.8) is 0 Å². The summed E-state index contributed by atoms with van der Waals surface area (Å²) in [6, 6.07) is 0. The van der Waals surface area contributed by atoms with Crippen molar-refractivity contribution in [2.24, 2.45) is 0 Å². The lowest BCUT2D eigenvalue weighted by atomic mass is 10.1. The largest absolute Gasteiger partial charge is 0.390 e. The number of hydrogen-bond donors (Lipinski definition) is 1. The standard InChI is InChI=1S/C12H19N3O5/c1-12(2)19-9-8(18-11(17-3)10(9)20-12)5-15-4-7(6-16)13-14-15/h4,8-11,16H,5-6H2,1-3H3/t8-,9-,10-,11-/m1/s1. The van der Waals surface area contributed by atoms with Crippen molar-refractivity contribution in [1.29, 1.82) is 0 Å². The monoisotopic (exact) mass is 285 g/mol. The molecule has 0 radical (unpaired) electrons. The normalized spacial score (nSPS) is 35.4. The quantitative estimate of drug-likeness (QED) is 0.809. The number of methoxy groups -OCH3 is 1. The van der Waals surface area contributed by atoms with Gasteiger partial charge in [0.05, 0.1) is 19.3 Å². The Morgan fingerprint density at radius 2 is 2.15 bits per heavy atom. The van der Waals surface area contributed by atoms with Crippen molar-refractivity contribution < 1.29 is 24.1 Å². The highest BCUT2D eigenvalue weighted by Crippen LogP contribution is 2.39. The molecule has 2 aliphatic rings. The molecule has 3 heterocycles. The van der Waals surface area contributed by atoms with E-state index in [-0.39, 0.29) is 24.9 Å². The van der Waals surface area contributed by atoms with Gasteiger partial charge in [-0.05, 0) is 13.8 Å². The fourth-order valence-corrected chi connectivity index (χ4v) is 2.66. The third-order valence-corrected chi connectivity index (χ3v) is 3.45. The van der Waals surface area contributed by atoms with Gasteiger partial charge in [0, 0.05) is 7.11 Å². The predicted molar refractivity (Wildman–Crippen MR) is 65.4 cm³/mol. The van der Waals surface area contributed by atoms with Crippen molar-refractivity contribution in [3.05, 3.63) is 11.9 Å². The van der Waals surface area contributed by atoms with Gasteiger partial charge in [0.15, 0.2) is 12.1 Å². The number of aromatic nitrogens is 3. The van der Waals surface area contributed by atoms with Crippen molar-refractivity contribution in [2.45, 2.75) is 57.4 Å². The van der Waals surface area contributed by atoms with E-state index in [2.05, 4.69) is 10.3 Å². The molecule has 8 nitrogen and oxygen atoms in total. The Labute approximate surface area is 116 Å². The van der Waals surface area contributed by atoms with E-state index in [9.17, 15) is 0 Å². The van der Waals surface area contributed by atoms with Gasteiger partial charge in [-0.2, -0.15) is 0 Å². The molecule has 1 N–H and O–H groups in total. The first-order valence-electron chi connectivity index (χ1n) is 6.56. The molecule has 1 aromatic heterocycles. The highest BCUT2D eigenvalue weighted by molar-refractivity contribution is 4.96. The summed E-state index contributed by atoms with van der Waals surface area (Å²) in [6.07, 6.45) is 0.532. The van der Waals surface area contributed by atoms with Gasteiger partial charge in [-0.3, -0.25) is 0 Å². The van der Waals surface area contributed by atoms with Crippen molar-refractivity contribution >= 4 is 0 Å². The summed E-state index contributed by atoms with van der Waals surface area (Å²) >= 11 is 0. The van der Waals surface area contributed by atoms with Crippen LogP contribution in [0.25, 0.3) is 0 Å². The number of aliphatic hydroxyl groups is 1. The third-order valence-electron chi connectivity index (χ3n) is 3.45. The maximum Gasteiger partial charge on any atom is 0.186 e. The first kappa shape index (κ1) is 13.9. The van der Waals surface area contributed by atoms with Crippen LogP contribution in [0.1, 0.15) is 19.5 Å². The molecule has 4 atom stereocenters. The van der Waals surface area contributed by atoms with E-state index in [0.717, 1.165) is 0 Å². The number of ether oxygens (including phenoxy) is 4. The summed E-state index contributed by atoms with van der Waals surface area (Å²) in [5, 5.41) is 16.8. The van der Waals surface area contributed by atoms with Crippen molar-refractivity contribution in [2.75, 3.05) is 7.11 Å². The number of fused-ring (bicyclic) bond motifs is 1. The van der Waals surface area contributed by atoms with Crippen LogP contribution >= 0.6 is 0 Å². The van der Waals surface area contributed by atoms with Gasteiger partial charge in [0.25, 0.3) is 0 Å². The zero-order chi connectivity index (χ0) is 14.3. The number of nitrogens with zero attached hydrogens (tertiary/aromatic N) is 3. The van der Waals surface area contributed by atoms with E-state index in [0.29, 0.717) is 12.2 Å². The molecule has 2 saturated heterocycles. The third kappa shape index (κ3) is 2.45. The Morgan fingerprint density at radius 1 is 1.40 bits per heavy atom. The van der Waals surface area contributed by atoms with E-state index in [1.165, 1.54) is 0 Å². The minimum Gasteiger partial charge on any atom is -0.390 e. The second-order valence-corrected chi connectivity index (χ2v) is 5.43. The summed E-state index contributed by atoms with van der Waals surface area (Å²) in [5.74, 6) is -0.646. The van der Waals surface area contributed by atoms with Crippen molar-refractivity contribution in [1.82, 2.24) is 15.0 Å².